The van der Waals surface area contributed by atoms with Crippen LogP contribution in [0.5, 0.6) is 5.75 Å². The van der Waals surface area contributed by atoms with E-state index in [1.165, 1.54) is 5.56 Å². The zero-order chi connectivity index (χ0) is 14.1. The van der Waals surface area contributed by atoms with Gasteiger partial charge in [-0.2, -0.15) is 0 Å². The highest BCUT2D eigenvalue weighted by Gasteiger charge is 2.14. The standard InChI is InChI=1S/C16H22BrNO/c1-4-6-7-8-16(18-11-5-2)14-12-13(19-3)9-10-15(14)17/h9-10,12,16,18H,5,7-8,11H2,1-3H3. The molecule has 2 nitrogen and oxygen atoms in total. The average Bonchev–Trinajstić information content (AvgIpc) is 2.43. The van der Waals surface area contributed by atoms with Crippen LogP contribution in [-0.4, -0.2) is 13.7 Å². The van der Waals surface area contributed by atoms with Gasteiger partial charge >= 0.3 is 0 Å². The van der Waals surface area contributed by atoms with Crippen molar-refractivity contribution in [2.24, 2.45) is 0 Å². The summed E-state index contributed by atoms with van der Waals surface area (Å²) in [4.78, 5) is 0. The molecular formula is C16H22BrNO. The SMILES string of the molecule is CC#CCCC(NCCC)c1cc(OC)ccc1Br. The predicted molar refractivity (Wildman–Crippen MR) is 84.4 cm³/mol. The summed E-state index contributed by atoms with van der Waals surface area (Å²) in [6, 6.07) is 6.41. The van der Waals surface area contributed by atoms with Gasteiger partial charge < -0.3 is 10.1 Å². The highest BCUT2D eigenvalue weighted by atomic mass is 79.9. The van der Waals surface area contributed by atoms with Crippen LogP contribution in [0.4, 0.5) is 0 Å². The molecule has 0 heterocycles. The van der Waals surface area contributed by atoms with Crippen LogP contribution in [0.3, 0.4) is 0 Å². The van der Waals surface area contributed by atoms with E-state index < -0.39 is 0 Å². The number of hydrogen-bond acceptors (Lipinski definition) is 2. The van der Waals surface area contributed by atoms with E-state index in [1.807, 2.05) is 19.1 Å². The van der Waals surface area contributed by atoms with Crippen LogP contribution >= 0.6 is 15.9 Å². The number of benzene rings is 1. The van der Waals surface area contributed by atoms with Crippen molar-refractivity contribution in [2.75, 3.05) is 13.7 Å². The predicted octanol–water partition coefficient (Wildman–Crippen LogP) is 4.30. The maximum atomic E-state index is 5.31. The Morgan fingerprint density at radius 1 is 1.42 bits per heavy atom. The third-order valence-corrected chi connectivity index (χ3v) is 3.68. The second-order valence-corrected chi connectivity index (χ2v) is 5.21. The van der Waals surface area contributed by atoms with Crippen LogP contribution in [0.2, 0.25) is 0 Å². The maximum absolute atomic E-state index is 5.31. The smallest absolute Gasteiger partial charge is 0.119 e. The first-order valence-corrected chi connectivity index (χ1v) is 7.48. The van der Waals surface area contributed by atoms with E-state index in [-0.39, 0.29) is 0 Å². The molecule has 0 aliphatic rings. The van der Waals surface area contributed by atoms with Crippen molar-refractivity contribution in [1.82, 2.24) is 5.32 Å². The lowest BCUT2D eigenvalue weighted by Gasteiger charge is -2.20. The maximum Gasteiger partial charge on any atom is 0.119 e. The van der Waals surface area contributed by atoms with E-state index in [9.17, 15) is 0 Å². The lowest BCUT2D eigenvalue weighted by Crippen LogP contribution is -2.22. The van der Waals surface area contributed by atoms with E-state index >= 15 is 0 Å². The van der Waals surface area contributed by atoms with Crippen LogP contribution in [0.15, 0.2) is 22.7 Å². The Morgan fingerprint density at radius 3 is 2.84 bits per heavy atom. The summed E-state index contributed by atoms with van der Waals surface area (Å²) in [5.41, 5.74) is 1.24. The van der Waals surface area contributed by atoms with Crippen molar-refractivity contribution in [3.8, 4) is 17.6 Å². The van der Waals surface area contributed by atoms with Gasteiger partial charge in [0.25, 0.3) is 0 Å². The van der Waals surface area contributed by atoms with Crippen molar-refractivity contribution in [2.45, 2.75) is 39.2 Å². The van der Waals surface area contributed by atoms with Gasteiger partial charge in [0.1, 0.15) is 5.75 Å². The lowest BCUT2D eigenvalue weighted by atomic mass is 10.0. The highest BCUT2D eigenvalue weighted by Crippen LogP contribution is 2.30. The summed E-state index contributed by atoms with van der Waals surface area (Å²) in [6.45, 7) is 5.07. The Labute approximate surface area is 125 Å². The van der Waals surface area contributed by atoms with Crippen molar-refractivity contribution in [1.29, 1.82) is 0 Å². The van der Waals surface area contributed by atoms with Gasteiger partial charge in [0.15, 0.2) is 0 Å². The highest BCUT2D eigenvalue weighted by molar-refractivity contribution is 9.10. The zero-order valence-electron chi connectivity index (χ0n) is 11.9. The topological polar surface area (TPSA) is 21.3 Å². The number of hydrogen-bond donors (Lipinski definition) is 1. The molecule has 0 amide bonds. The molecule has 0 saturated heterocycles. The molecule has 0 radical (unpaired) electrons. The van der Waals surface area contributed by atoms with Crippen LogP contribution in [0.25, 0.3) is 0 Å². The number of ether oxygens (including phenoxy) is 1. The van der Waals surface area contributed by atoms with Gasteiger partial charge in [-0.25, -0.2) is 0 Å². The number of nitrogens with one attached hydrogen (secondary N) is 1. The molecule has 1 atom stereocenters. The molecule has 104 valence electrons. The lowest BCUT2D eigenvalue weighted by molar-refractivity contribution is 0.412. The van der Waals surface area contributed by atoms with Crippen LogP contribution in [-0.2, 0) is 0 Å². The Kier molecular flexibility index (Phi) is 7.62. The summed E-state index contributed by atoms with van der Waals surface area (Å²) in [7, 11) is 1.70. The largest absolute Gasteiger partial charge is 0.497 e. The second kappa shape index (κ2) is 9.01. The summed E-state index contributed by atoms with van der Waals surface area (Å²) in [5, 5.41) is 3.58. The van der Waals surface area contributed by atoms with E-state index in [2.05, 4.69) is 46.1 Å². The van der Waals surface area contributed by atoms with Crippen LogP contribution in [0.1, 0.15) is 44.7 Å². The molecule has 1 N–H and O–H groups in total. The van der Waals surface area contributed by atoms with Gasteiger partial charge in [-0.3, -0.25) is 0 Å². The molecule has 1 aromatic carbocycles. The Morgan fingerprint density at radius 2 is 2.21 bits per heavy atom. The quantitative estimate of drug-likeness (QED) is 0.755. The van der Waals surface area contributed by atoms with Crippen molar-refractivity contribution in [3.05, 3.63) is 28.2 Å². The Balaban J connectivity index is 2.89. The van der Waals surface area contributed by atoms with E-state index in [0.717, 1.165) is 36.0 Å². The Bertz CT molecular complexity index is 448. The molecular weight excluding hydrogens is 302 g/mol. The molecule has 1 rings (SSSR count). The number of methoxy groups -OCH3 is 1. The normalized spacial score (nSPS) is 11.6. The minimum atomic E-state index is 0.310. The summed E-state index contributed by atoms with van der Waals surface area (Å²) in [6.07, 6.45) is 3.03. The average molecular weight is 324 g/mol. The molecule has 0 aliphatic carbocycles. The third kappa shape index (κ3) is 5.26. The van der Waals surface area contributed by atoms with E-state index in [1.54, 1.807) is 7.11 Å². The molecule has 0 spiro atoms. The van der Waals surface area contributed by atoms with Gasteiger partial charge in [0.2, 0.25) is 0 Å². The molecule has 1 aromatic rings. The molecule has 19 heavy (non-hydrogen) atoms. The number of rotatable bonds is 7. The van der Waals surface area contributed by atoms with Crippen molar-refractivity contribution < 1.29 is 4.74 Å². The minimum absolute atomic E-state index is 0.310. The van der Waals surface area contributed by atoms with Gasteiger partial charge in [-0.05, 0) is 50.1 Å². The monoisotopic (exact) mass is 323 g/mol. The fourth-order valence-corrected chi connectivity index (χ4v) is 2.47. The molecule has 0 fully saturated rings. The fraction of sp³-hybridized carbons (Fsp3) is 0.500. The third-order valence-electron chi connectivity index (χ3n) is 2.95. The first kappa shape index (κ1) is 16.1. The van der Waals surface area contributed by atoms with Crippen LogP contribution in [0, 0.1) is 11.8 Å². The zero-order valence-corrected chi connectivity index (χ0v) is 13.5. The van der Waals surface area contributed by atoms with Crippen molar-refractivity contribution >= 4 is 15.9 Å². The number of halogens is 1. The molecule has 0 aromatic heterocycles. The molecule has 1 unspecified atom stereocenters. The van der Waals surface area contributed by atoms with Crippen LogP contribution < -0.4 is 10.1 Å². The summed E-state index contributed by atoms with van der Waals surface area (Å²) < 4.78 is 6.43. The van der Waals surface area contributed by atoms with Gasteiger partial charge in [-0.15, -0.1) is 11.8 Å². The van der Waals surface area contributed by atoms with E-state index in [0.29, 0.717) is 6.04 Å². The summed E-state index contributed by atoms with van der Waals surface area (Å²) >= 11 is 3.63. The summed E-state index contributed by atoms with van der Waals surface area (Å²) in [5.74, 6) is 6.98. The first-order chi connectivity index (χ1) is 9.22. The second-order valence-electron chi connectivity index (χ2n) is 4.36. The van der Waals surface area contributed by atoms with E-state index in [4.69, 9.17) is 4.74 Å². The molecule has 0 aliphatic heterocycles. The van der Waals surface area contributed by atoms with Gasteiger partial charge in [0, 0.05) is 16.9 Å². The van der Waals surface area contributed by atoms with Crippen molar-refractivity contribution in [3.63, 3.8) is 0 Å². The molecule has 3 heteroatoms. The minimum Gasteiger partial charge on any atom is -0.497 e. The molecule has 0 saturated carbocycles. The van der Waals surface area contributed by atoms with Gasteiger partial charge in [0.05, 0.1) is 7.11 Å². The first-order valence-electron chi connectivity index (χ1n) is 6.69. The van der Waals surface area contributed by atoms with Gasteiger partial charge in [-0.1, -0.05) is 22.9 Å². The fourth-order valence-electron chi connectivity index (χ4n) is 1.94. The molecule has 0 bridgehead atoms. The Hall–Kier alpha value is -0.980.